The number of benzene rings is 3. The molecule has 4 aromatic rings. The first-order valence-electron chi connectivity index (χ1n) is 10.8. The Balaban J connectivity index is 1.74. The number of ether oxygens (including phenoxy) is 1. The summed E-state index contributed by atoms with van der Waals surface area (Å²) in [5.74, 6) is 0.582. The predicted octanol–water partition coefficient (Wildman–Crippen LogP) is 6.42. The molecular weight excluding hydrogens is 442 g/mol. The number of carbonyl (C=O) groups excluding carboxylic acids is 1. The van der Waals surface area contributed by atoms with E-state index in [1.165, 1.54) is 11.8 Å². The third-order valence-electron chi connectivity index (χ3n) is 5.27. The number of hydrogen-bond acceptors (Lipinski definition) is 5. The van der Waals surface area contributed by atoms with Crippen LogP contribution in [0.3, 0.4) is 0 Å². The lowest BCUT2D eigenvalue weighted by molar-refractivity contribution is -0.115. The summed E-state index contributed by atoms with van der Waals surface area (Å²) >= 11 is 1.28. The molecule has 168 valence electrons. The Labute approximate surface area is 203 Å². The van der Waals surface area contributed by atoms with Gasteiger partial charge in [0.1, 0.15) is 16.8 Å². The molecule has 3 aromatic carbocycles. The Morgan fingerprint density at radius 2 is 1.62 bits per heavy atom. The van der Waals surface area contributed by atoms with Gasteiger partial charge in [0, 0.05) is 16.8 Å². The molecule has 1 atom stereocenters. The van der Waals surface area contributed by atoms with Crippen LogP contribution in [0.25, 0.3) is 22.4 Å². The molecule has 34 heavy (non-hydrogen) atoms. The van der Waals surface area contributed by atoms with Crippen molar-refractivity contribution in [3.63, 3.8) is 0 Å². The van der Waals surface area contributed by atoms with E-state index >= 15 is 0 Å². The molecule has 6 heteroatoms. The minimum atomic E-state index is -0.463. The quantitative estimate of drug-likeness (QED) is 0.319. The number of anilines is 1. The molecule has 0 unspecified atom stereocenters. The van der Waals surface area contributed by atoms with Crippen LogP contribution < -0.4 is 10.1 Å². The zero-order valence-corrected chi connectivity index (χ0v) is 19.7. The van der Waals surface area contributed by atoms with Crippen LogP contribution in [0.2, 0.25) is 0 Å². The number of pyridine rings is 1. The van der Waals surface area contributed by atoms with E-state index in [0.717, 1.165) is 33.8 Å². The van der Waals surface area contributed by atoms with E-state index in [9.17, 15) is 10.1 Å². The fourth-order valence-electron chi connectivity index (χ4n) is 3.46. The average Bonchev–Trinajstić information content (AvgIpc) is 2.89. The number of thioether (sulfide) groups is 1. The zero-order valence-electron chi connectivity index (χ0n) is 18.9. The molecule has 4 rings (SSSR count). The molecule has 0 aliphatic carbocycles. The normalized spacial score (nSPS) is 11.3. The van der Waals surface area contributed by atoms with Gasteiger partial charge in [-0.05, 0) is 42.8 Å². The Hall–Kier alpha value is -4.08. The van der Waals surface area contributed by atoms with Crippen LogP contribution in [-0.4, -0.2) is 23.3 Å². The number of nitrogens with one attached hydrogen (secondary N) is 1. The van der Waals surface area contributed by atoms with Gasteiger partial charge in [-0.1, -0.05) is 72.4 Å². The van der Waals surface area contributed by atoms with Crippen molar-refractivity contribution in [3.05, 3.63) is 96.6 Å². The molecule has 1 aromatic heterocycles. The first-order valence-corrected chi connectivity index (χ1v) is 11.6. The van der Waals surface area contributed by atoms with E-state index in [1.807, 2.05) is 97.9 Å². The second-order valence-corrected chi connectivity index (χ2v) is 8.89. The molecule has 0 aliphatic rings. The van der Waals surface area contributed by atoms with Crippen molar-refractivity contribution in [2.45, 2.75) is 17.2 Å². The van der Waals surface area contributed by atoms with E-state index in [1.54, 1.807) is 7.11 Å². The van der Waals surface area contributed by atoms with E-state index in [-0.39, 0.29) is 5.91 Å². The Bertz CT molecular complexity index is 1320. The van der Waals surface area contributed by atoms with Crippen LogP contribution in [0, 0.1) is 11.3 Å². The van der Waals surface area contributed by atoms with Crippen LogP contribution >= 0.6 is 11.8 Å². The van der Waals surface area contributed by atoms with Crippen LogP contribution in [0.1, 0.15) is 12.5 Å². The van der Waals surface area contributed by atoms with Crippen LogP contribution in [0.5, 0.6) is 5.75 Å². The van der Waals surface area contributed by atoms with Crippen LogP contribution in [0.4, 0.5) is 5.69 Å². The van der Waals surface area contributed by atoms with Crippen molar-refractivity contribution in [2.24, 2.45) is 0 Å². The summed E-state index contributed by atoms with van der Waals surface area (Å²) < 4.78 is 5.28. The highest BCUT2D eigenvalue weighted by molar-refractivity contribution is 8.00. The second kappa shape index (κ2) is 10.7. The zero-order chi connectivity index (χ0) is 23.9. The Kier molecular flexibility index (Phi) is 7.26. The maximum absolute atomic E-state index is 12.8. The molecular formula is C28H23N3O2S. The number of rotatable bonds is 7. The number of hydrogen-bond donors (Lipinski definition) is 1. The number of para-hydroxylation sites is 1. The summed E-state index contributed by atoms with van der Waals surface area (Å²) in [5.41, 5.74) is 4.48. The van der Waals surface area contributed by atoms with Gasteiger partial charge in [-0.15, -0.1) is 0 Å². The topological polar surface area (TPSA) is 75.0 Å². The van der Waals surface area contributed by atoms with Crippen molar-refractivity contribution in [1.29, 1.82) is 5.26 Å². The SMILES string of the molecule is COc1ccc(-c2cc(-c3ccccc3)nc(S[C@@H](C)C(=O)Nc3ccccc3)c2C#N)cc1. The molecule has 0 saturated heterocycles. The highest BCUT2D eigenvalue weighted by atomic mass is 32.2. The van der Waals surface area contributed by atoms with E-state index in [4.69, 9.17) is 9.72 Å². The van der Waals surface area contributed by atoms with Gasteiger partial charge in [-0.3, -0.25) is 4.79 Å². The largest absolute Gasteiger partial charge is 0.497 e. The van der Waals surface area contributed by atoms with Gasteiger partial charge in [0.2, 0.25) is 5.91 Å². The van der Waals surface area contributed by atoms with Crippen molar-refractivity contribution < 1.29 is 9.53 Å². The monoisotopic (exact) mass is 465 g/mol. The third-order valence-corrected chi connectivity index (χ3v) is 6.35. The number of nitrogens with zero attached hydrogens (tertiary/aromatic N) is 2. The minimum Gasteiger partial charge on any atom is -0.497 e. The van der Waals surface area contributed by atoms with Crippen LogP contribution in [-0.2, 0) is 4.79 Å². The van der Waals surface area contributed by atoms with Crippen LogP contribution in [0.15, 0.2) is 96.0 Å². The van der Waals surface area contributed by atoms with E-state index < -0.39 is 5.25 Å². The van der Waals surface area contributed by atoms with Gasteiger partial charge in [-0.2, -0.15) is 5.26 Å². The minimum absolute atomic E-state index is 0.155. The molecule has 0 aliphatic heterocycles. The molecule has 5 nitrogen and oxygen atoms in total. The van der Waals surface area contributed by atoms with Crippen molar-refractivity contribution >= 4 is 23.4 Å². The average molecular weight is 466 g/mol. The number of carbonyl (C=O) groups is 1. The van der Waals surface area contributed by atoms with Crippen molar-refractivity contribution in [1.82, 2.24) is 4.98 Å². The van der Waals surface area contributed by atoms with Gasteiger partial charge in [-0.25, -0.2) is 4.98 Å². The fourth-order valence-corrected chi connectivity index (χ4v) is 4.38. The molecule has 1 heterocycles. The van der Waals surface area contributed by atoms with Gasteiger partial charge >= 0.3 is 0 Å². The first-order chi connectivity index (χ1) is 16.6. The molecule has 0 spiro atoms. The maximum Gasteiger partial charge on any atom is 0.237 e. The smallest absolute Gasteiger partial charge is 0.237 e. The standard InChI is InChI=1S/C28H23N3O2S/c1-19(27(32)30-22-11-7-4-8-12-22)34-28-25(18-29)24(20-13-15-23(33-2)16-14-20)17-26(31-28)21-9-5-3-6-10-21/h3-17,19H,1-2H3,(H,30,32)/t19-/m0/s1. The summed E-state index contributed by atoms with van der Waals surface area (Å²) in [6.45, 7) is 1.81. The summed E-state index contributed by atoms with van der Waals surface area (Å²) in [6, 6.07) is 30.9. The molecule has 0 radical (unpaired) electrons. The molecule has 1 N–H and O–H groups in total. The maximum atomic E-state index is 12.8. The number of amides is 1. The summed E-state index contributed by atoms with van der Waals surface area (Å²) in [5, 5.41) is 13.1. The van der Waals surface area contributed by atoms with Gasteiger partial charge in [0.25, 0.3) is 0 Å². The van der Waals surface area contributed by atoms with Gasteiger partial charge in [0.15, 0.2) is 0 Å². The lowest BCUT2D eigenvalue weighted by Crippen LogP contribution is -2.22. The molecule has 0 fully saturated rings. The lowest BCUT2D eigenvalue weighted by atomic mass is 9.99. The lowest BCUT2D eigenvalue weighted by Gasteiger charge is -2.16. The number of nitriles is 1. The first kappa shape index (κ1) is 23.1. The number of methoxy groups -OCH3 is 1. The van der Waals surface area contributed by atoms with Crippen molar-refractivity contribution in [2.75, 3.05) is 12.4 Å². The fraction of sp³-hybridized carbons (Fsp3) is 0.107. The van der Waals surface area contributed by atoms with Gasteiger partial charge in [0.05, 0.1) is 23.6 Å². The highest BCUT2D eigenvalue weighted by Crippen LogP contribution is 2.36. The van der Waals surface area contributed by atoms with E-state index in [0.29, 0.717) is 10.6 Å². The molecule has 0 saturated carbocycles. The summed E-state index contributed by atoms with van der Waals surface area (Å²) in [6.07, 6.45) is 0. The highest BCUT2D eigenvalue weighted by Gasteiger charge is 2.21. The second-order valence-electron chi connectivity index (χ2n) is 7.56. The van der Waals surface area contributed by atoms with E-state index in [2.05, 4.69) is 11.4 Å². The Morgan fingerprint density at radius 1 is 0.971 bits per heavy atom. The van der Waals surface area contributed by atoms with Crippen molar-refractivity contribution in [3.8, 4) is 34.2 Å². The molecule has 1 amide bonds. The summed E-state index contributed by atoms with van der Waals surface area (Å²) in [7, 11) is 1.62. The van der Waals surface area contributed by atoms with Gasteiger partial charge < -0.3 is 10.1 Å². The summed E-state index contributed by atoms with van der Waals surface area (Å²) in [4.78, 5) is 17.6. The predicted molar refractivity (Wildman–Crippen MR) is 137 cm³/mol. The Morgan fingerprint density at radius 3 is 2.24 bits per heavy atom. The molecule has 0 bridgehead atoms. The number of aromatic nitrogens is 1. The third kappa shape index (κ3) is 5.28.